The van der Waals surface area contributed by atoms with E-state index in [1.165, 1.54) is 0 Å². The molecule has 3 nitrogen and oxygen atoms in total. The van der Waals surface area contributed by atoms with Crippen molar-refractivity contribution in [3.05, 3.63) is 47.7 Å². The number of hydrogen-bond acceptors (Lipinski definition) is 3. The Labute approximate surface area is 118 Å². The fraction of sp³-hybridized carbons (Fsp3) is 0.267. The van der Waals surface area contributed by atoms with Crippen molar-refractivity contribution < 1.29 is 4.74 Å². The molecule has 0 saturated heterocycles. The van der Waals surface area contributed by atoms with Gasteiger partial charge in [0, 0.05) is 18.6 Å². The summed E-state index contributed by atoms with van der Waals surface area (Å²) in [5.41, 5.74) is 2.99. The van der Waals surface area contributed by atoms with Crippen LogP contribution in [0.3, 0.4) is 0 Å². The predicted molar refractivity (Wildman–Crippen MR) is 79.6 cm³/mol. The highest BCUT2D eigenvalue weighted by molar-refractivity contribution is 6.17. The lowest BCUT2D eigenvalue weighted by Crippen LogP contribution is -2.13. The van der Waals surface area contributed by atoms with Gasteiger partial charge in [0.1, 0.15) is 11.6 Å². The maximum atomic E-state index is 5.86. The van der Waals surface area contributed by atoms with Crippen LogP contribution < -0.4 is 9.64 Å². The van der Waals surface area contributed by atoms with Crippen LogP contribution in [-0.2, 0) is 5.88 Å². The minimum absolute atomic E-state index is 0.484. The van der Waals surface area contributed by atoms with E-state index in [1.54, 1.807) is 7.11 Å². The van der Waals surface area contributed by atoms with Crippen LogP contribution in [0.15, 0.2) is 36.4 Å². The monoisotopic (exact) mass is 276 g/mol. The molecule has 1 aromatic carbocycles. The summed E-state index contributed by atoms with van der Waals surface area (Å²) in [6.07, 6.45) is 0. The summed E-state index contributed by atoms with van der Waals surface area (Å²) in [6, 6.07) is 11.9. The number of alkyl halides is 1. The minimum atomic E-state index is 0.484. The fourth-order valence-electron chi connectivity index (χ4n) is 1.93. The van der Waals surface area contributed by atoms with Crippen LogP contribution in [0.1, 0.15) is 11.3 Å². The van der Waals surface area contributed by atoms with Crippen LogP contribution in [0.25, 0.3) is 0 Å². The topological polar surface area (TPSA) is 25.4 Å². The van der Waals surface area contributed by atoms with E-state index in [0.29, 0.717) is 5.88 Å². The van der Waals surface area contributed by atoms with Crippen molar-refractivity contribution in [1.29, 1.82) is 0 Å². The molecule has 0 atom stereocenters. The van der Waals surface area contributed by atoms with Crippen molar-refractivity contribution in [3.8, 4) is 5.75 Å². The number of pyridine rings is 1. The summed E-state index contributed by atoms with van der Waals surface area (Å²) < 4.78 is 5.37. The number of rotatable bonds is 4. The molecule has 1 aromatic heterocycles. The Bertz CT molecular complexity index is 572. The summed E-state index contributed by atoms with van der Waals surface area (Å²) in [4.78, 5) is 6.59. The molecule has 0 aliphatic carbocycles. The van der Waals surface area contributed by atoms with Gasteiger partial charge in [-0.3, -0.25) is 0 Å². The lowest BCUT2D eigenvalue weighted by molar-refractivity contribution is 0.415. The number of nitrogens with zero attached hydrogens (tertiary/aromatic N) is 2. The number of hydrogen-bond donors (Lipinski definition) is 0. The van der Waals surface area contributed by atoms with Gasteiger partial charge in [0.2, 0.25) is 0 Å². The van der Waals surface area contributed by atoms with Crippen molar-refractivity contribution in [2.75, 3.05) is 19.1 Å². The first-order valence-corrected chi connectivity index (χ1v) is 6.60. The van der Waals surface area contributed by atoms with Crippen molar-refractivity contribution in [3.63, 3.8) is 0 Å². The molecular formula is C15H17ClN2O. The van der Waals surface area contributed by atoms with Crippen molar-refractivity contribution in [2.45, 2.75) is 12.8 Å². The fourth-order valence-corrected chi connectivity index (χ4v) is 2.22. The van der Waals surface area contributed by atoms with Gasteiger partial charge in [-0.15, -0.1) is 11.6 Å². The van der Waals surface area contributed by atoms with Gasteiger partial charge in [-0.25, -0.2) is 4.98 Å². The zero-order valence-corrected chi connectivity index (χ0v) is 12.1. The Kier molecular flexibility index (Phi) is 4.27. The molecular weight excluding hydrogens is 260 g/mol. The molecule has 0 radical (unpaired) electrons. The number of benzene rings is 1. The van der Waals surface area contributed by atoms with Gasteiger partial charge in [0.25, 0.3) is 0 Å². The van der Waals surface area contributed by atoms with E-state index < -0.39 is 0 Å². The average Bonchev–Trinajstić information content (AvgIpc) is 2.46. The van der Waals surface area contributed by atoms with Crippen LogP contribution in [-0.4, -0.2) is 19.1 Å². The van der Waals surface area contributed by atoms with Gasteiger partial charge in [-0.05, 0) is 30.7 Å². The number of halogens is 1. The molecule has 100 valence electrons. The molecule has 0 fully saturated rings. The second kappa shape index (κ2) is 5.93. The van der Waals surface area contributed by atoms with E-state index in [9.17, 15) is 0 Å². The summed E-state index contributed by atoms with van der Waals surface area (Å²) in [5.74, 6) is 2.18. The Morgan fingerprint density at radius 3 is 2.58 bits per heavy atom. The molecule has 2 aromatic rings. The zero-order valence-electron chi connectivity index (χ0n) is 11.4. The van der Waals surface area contributed by atoms with Crippen molar-refractivity contribution in [2.24, 2.45) is 0 Å². The number of anilines is 2. The van der Waals surface area contributed by atoms with E-state index in [1.807, 2.05) is 55.3 Å². The molecule has 0 aliphatic heterocycles. The summed E-state index contributed by atoms with van der Waals surface area (Å²) >= 11 is 5.86. The largest absolute Gasteiger partial charge is 0.495 e. The van der Waals surface area contributed by atoms with Crippen LogP contribution in [0.4, 0.5) is 11.5 Å². The Morgan fingerprint density at radius 1 is 1.21 bits per heavy atom. The van der Waals surface area contributed by atoms with E-state index in [2.05, 4.69) is 4.98 Å². The number of aryl methyl sites for hydroxylation is 1. The Hall–Kier alpha value is -1.74. The van der Waals surface area contributed by atoms with Gasteiger partial charge in [-0.2, -0.15) is 0 Å². The maximum Gasteiger partial charge on any atom is 0.142 e. The van der Waals surface area contributed by atoms with Crippen LogP contribution in [0.5, 0.6) is 5.75 Å². The summed E-state index contributed by atoms with van der Waals surface area (Å²) in [5, 5.41) is 0. The van der Waals surface area contributed by atoms with E-state index in [-0.39, 0.29) is 0 Å². The van der Waals surface area contributed by atoms with Gasteiger partial charge >= 0.3 is 0 Å². The highest BCUT2D eigenvalue weighted by atomic mass is 35.5. The maximum absolute atomic E-state index is 5.86. The van der Waals surface area contributed by atoms with Gasteiger partial charge in [0.05, 0.1) is 12.8 Å². The second-order valence-corrected chi connectivity index (χ2v) is 4.55. The molecule has 0 N–H and O–H groups in total. The first kappa shape index (κ1) is 13.7. The molecule has 2 rings (SSSR count). The third-order valence-electron chi connectivity index (χ3n) is 3.11. The molecule has 0 unspecified atom stereocenters. The smallest absolute Gasteiger partial charge is 0.142 e. The van der Waals surface area contributed by atoms with E-state index >= 15 is 0 Å². The molecule has 1 heterocycles. The first-order valence-electron chi connectivity index (χ1n) is 6.06. The lowest BCUT2D eigenvalue weighted by atomic mass is 10.2. The SMILES string of the molecule is COc1ccccc1N(C)c1ccc(CCl)c(C)n1. The Balaban J connectivity index is 2.38. The minimum Gasteiger partial charge on any atom is -0.495 e. The highest BCUT2D eigenvalue weighted by Crippen LogP contribution is 2.31. The lowest BCUT2D eigenvalue weighted by Gasteiger charge is -2.21. The van der Waals surface area contributed by atoms with Crippen molar-refractivity contribution >= 4 is 23.1 Å². The van der Waals surface area contributed by atoms with Crippen LogP contribution in [0, 0.1) is 6.92 Å². The van der Waals surface area contributed by atoms with Crippen molar-refractivity contribution in [1.82, 2.24) is 4.98 Å². The van der Waals surface area contributed by atoms with E-state index in [0.717, 1.165) is 28.5 Å². The number of ether oxygens (including phenoxy) is 1. The molecule has 0 amide bonds. The highest BCUT2D eigenvalue weighted by Gasteiger charge is 2.11. The molecule has 4 heteroatoms. The second-order valence-electron chi connectivity index (χ2n) is 4.28. The number of para-hydroxylation sites is 2. The standard InChI is InChI=1S/C15H17ClN2O/c1-11-12(10-16)8-9-15(17-11)18(2)13-6-4-5-7-14(13)19-3/h4-9H,10H2,1-3H3. The number of methoxy groups -OCH3 is 1. The Morgan fingerprint density at radius 2 is 1.95 bits per heavy atom. The molecule has 19 heavy (non-hydrogen) atoms. The first-order chi connectivity index (χ1) is 9.17. The quantitative estimate of drug-likeness (QED) is 0.792. The van der Waals surface area contributed by atoms with Gasteiger partial charge in [0.15, 0.2) is 0 Å². The normalized spacial score (nSPS) is 10.3. The van der Waals surface area contributed by atoms with Gasteiger partial charge < -0.3 is 9.64 Å². The van der Waals surface area contributed by atoms with Gasteiger partial charge in [-0.1, -0.05) is 18.2 Å². The van der Waals surface area contributed by atoms with Crippen LogP contribution >= 0.6 is 11.6 Å². The molecule has 0 saturated carbocycles. The predicted octanol–water partition coefficient (Wildman–Crippen LogP) is 3.91. The molecule has 0 bridgehead atoms. The number of aromatic nitrogens is 1. The summed E-state index contributed by atoms with van der Waals surface area (Å²) in [7, 11) is 3.64. The zero-order chi connectivity index (χ0) is 13.8. The average molecular weight is 277 g/mol. The third-order valence-corrected chi connectivity index (χ3v) is 3.40. The summed E-state index contributed by atoms with van der Waals surface area (Å²) in [6.45, 7) is 1.97. The molecule has 0 spiro atoms. The van der Waals surface area contributed by atoms with Crippen LogP contribution in [0.2, 0.25) is 0 Å². The molecule has 0 aliphatic rings. The third kappa shape index (κ3) is 2.82. The van der Waals surface area contributed by atoms with E-state index in [4.69, 9.17) is 16.3 Å².